The highest BCUT2D eigenvalue weighted by atomic mass is 32.2. The van der Waals surface area contributed by atoms with Gasteiger partial charge in [-0.25, -0.2) is 8.42 Å². The largest absolute Gasteiger partial charge is 0.465 e. The average molecular weight is 703 g/mol. The molecule has 2 saturated heterocycles. The number of hydrogen-bond donors (Lipinski definition) is 1. The molecule has 49 heavy (non-hydrogen) atoms. The van der Waals surface area contributed by atoms with Gasteiger partial charge in [-0.3, -0.25) is 4.79 Å². The van der Waals surface area contributed by atoms with Crippen molar-refractivity contribution in [1.82, 2.24) is 0 Å². The molecule has 1 N–H and O–H groups in total. The van der Waals surface area contributed by atoms with Gasteiger partial charge in [0.15, 0.2) is 9.84 Å². The quantitative estimate of drug-likeness (QED) is 0.0875. The van der Waals surface area contributed by atoms with Gasteiger partial charge in [-0.1, -0.05) is 78.0 Å². The maximum Gasteiger partial charge on any atom is 0.311 e. The van der Waals surface area contributed by atoms with Crippen molar-refractivity contribution >= 4 is 15.8 Å². The van der Waals surface area contributed by atoms with Crippen LogP contribution in [0.2, 0.25) is 0 Å². The molecular weight excluding hydrogens is 637 g/mol. The van der Waals surface area contributed by atoms with Crippen molar-refractivity contribution in [2.45, 2.75) is 149 Å². The highest BCUT2D eigenvalue weighted by Gasteiger charge is 2.44. The Morgan fingerprint density at radius 1 is 1.04 bits per heavy atom. The van der Waals surface area contributed by atoms with Crippen LogP contribution in [-0.4, -0.2) is 62.4 Å². The summed E-state index contributed by atoms with van der Waals surface area (Å²) in [6.45, 7) is 25.5. The summed E-state index contributed by atoms with van der Waals surface area (Å²) in [4.78, 5) is 12.4. The van der Waals surface area contributed by atoms with Crippen LogP contribution in [0.1, 0.15) is 113 Å². The molecule has 10 atom stereocenters. The van der Waals surface area contributed by atoms with E-state index in [0.717, 1.165) is 43.3 Å². The average Bonchev–Trinajstić information content (AvgIpc) is 3.54. The summed E-state index contributed by atoms with van der Waals surface area (Å²) in [5.74, 6) is 0.648. The molecule has 1 aromatic rings. The fourth-order valence-electron chi connectivity index (χ4n) is 7.31. The van der Waals surface area contributed by atoms with E-state index >= 15 is 0 Å². The van der Waals surface area contributed by atoms with E-state index in [-0.39, 0.29) is 59.8 Å². The maximum atomic E-state index is 13.5. The predicted molar refractivity (Wildman–Crippen MR) is 198 cm³/mol. The first kappa shape index (κ1) is 41.4. The summed E-state index contributed by atoms with van der Waals surface area (Å²) in [5, 5.41) is 11.0. The first-order valence-corrected chi connectivity index (χ1v) is 20.4. The highest BCUT2D eigenvalue weighted by molar-refractivity contribution is 7.91. The molecule has 0 saturated carbocycles. The van der Waals surface area contributed by atoms with E-state index in [2.05, 4.69) is 47.8 Å². The lowest BCUT2D eigenvalue weighted by Crippen LogP contribution is -2.30. The molecule has 0 radical (unpaired) electrons. The fourth-order valence-corrected chi connectivity index (χ4v) is 9.09. The number of aliphatic hydroxyl groups is 1. The Hall–Kier alpha value is -2.00. The molecule has 0 spiro atoms. The summed E-state index contributed by atoms with van der Waals surface area (Å²) in [6.07, 6.45) is 6.38. The number of aliphatic hydroxyl groups excluding tert-OH is 1. The molecule has 2 aliphatic heterocycles. The third-order valence-electron chi connectivity index (χ3n) is 11.0. The first-order valence-electron chi connectivity index (χ1n) is 18.7. The van der Waals surface area contributed by atoms with Gasteiger partial charge in [0.05, 0.1) is 53.2 Å². The molecule has 0 aromatic heterocycles. The van der Waals surface area contributed by atoms with E-state index in [4.69, 9.17) is 14.2 Å². The summed E-state index contributed by atoms with van der Waals surface area (Å²) >= 11 is 0. The molecule has 278 valence electrons. The zero-order chi connectivity index (χ0) is 36.5. The molecule has 8 heteroatoms. The number of rotatable bonds is 19. The Morgan fingerprint density at radius 2 is 1.71 bits per heavy atom. The van der Waals surface area contributed by atoms with E-state index < -0.39 is 21.4 Å². The summed E-state index contributed by atoms with van der Waals surface area (Å²) in [7, 11) is -3.46. The molecular formula is C41H66O7S. The van der Waals surface area contributed by atoms with Crippen LogP contribution < -0.4 is 0 Å². The van der Waals surface area contributed by atoms with Crippen LogP contribution in [0.4, 0.5) is 0 Å². The highest BCUT2D eigenvalue weighted by Crippen LogP contribution is 2.42. The second kappa shape index (κ2) is 18.5. The zero-order valence-electron chi connectivity index (χ0n) is 31.7. The van der Waals surface area contributed by atoms with Gasteiger partial charge in [-0.15, -0.1) is 0 Å². The van der Waals surface area contributed by atoms with Crippen LogP contribution in [0.15, 0.2) is 59.5 Å². The van der Waals surface area contributed by atoms with Crippen molar-refractivity contribution < 1.29 is 32.5 Å². The normalized spacial score (nSPS) is 27.1. The molecule has 2 heterocycles. The van der Waals surface area contributed by atoms with E-state index in [9.17, 15) is 18.3 Å². The Labute approximate surface area is 298 Å². The molecule has 2 fully saturated rings. The van der Waals surface area contributed by atoms with Crippen LogP contribution in [0.3, 0.4) is 0 Å². The zero-order valence-corrected chi connectivity index (χ0v) is 32.5. The van der Waals surface area contributed by atoms with Gasteiger partial charge in [0.25, 0.3) is 0 Å². The lowest BCUT2D eigenvalue weighted by molar-refractivity contribution is -0.153. The van der Waals surface area contributed by atoms with Crippen LogP contribution in [0.5, 0.6) is 0 Å². The second-order valence-corrected chi connectivity index (χ2v) is 18.3. The van der Waals surface area contributed by atoms with Gasteiger partial charge in [-0.05, 0) is 114 Å². The summed E-state index contributed by atoms with van der Waals surface area (Å²) < 4.78 is 45.3. The van der Waals surface area contributed by atoms with Crippen molar-refractivity contribution in [3.63, 3.8) is 0 Å². The Kier molecular flexibility index (Phi) is 15.6. The van der Waals surface area contributed by atoms with Crippen LogP contribution in [0.25, 0.3) is 0 Å². The molecule has 3 unspecified atom stereocenters. The number of carbonyl (C=O) groups is 1. The topological polar surface area (TPSA) is 99.1 Å². The number of ether oxygens (including phenoxy) is 3. The minimum Gasteiger partial charge on any atom is -0.465 e. The number of carbonyl (C=O) groups excluding carboxylic acids is 1. The van der Waals surface area contributed by atoms with Gasteiger partial charge in [0, 0.05) is 5.92 Å². The monoisotopic (exact) mass is 702 g/mol. The van der Waals surface area contributed by atoms with Crippen LogP contribution >= 0.6 is 0 Å². The lowest BCUT2D eigenvalue weighted by atomic mass is 9.80. The molecule has 0 bridgehead atoms. The molecule has 0 amide bonds. The molecule has 7 nitrogen and oxygen atoms in total. The van der Waals surface area contributed by atoms with E-state index in [1.54, 1.807) is 24.3 Å². The van der Waals surface area contributed by atoms with Crippen molar-refractivity contribution in [3.05, 3.63) is 54.6 Å². The van der Waals surface area contributed by atoms with Crippen molar-refractivity contribution in [1.29, 1.82) is 0 Å². The van der Waals surface area contributed by atoms with Crippen LogP contribution in [-0.2, 0) is 28.8 Å². The van der Waals surface area contributed by atoms with Crippen molar-refractivity contribution in [2.75, 3.05) is 12.4 Å². The van der Waals surface area contributed by atoms with Crippen molar-refractivity contribution in [2.24, 2.45) is 35.0 Å². The minimum absolute atomic E-state index is 0.0359. The molecule has 0 aliphatic carbocycles. The van der Waals surface area contributed by atoms with Gasteiger partial charge in [-0.2, -0.15) is 0 Å². The molecule has 2 aliphatic rings. The smallest absolute Gasteiger partial charge is 0.311 e. The molecule has 1 aromatic carbocycles. The van der Waals surface area contributed by atoms with Gasteiger partial charge >= 0.3 is 5.97 Å². The van der Waals surface area contributed by atoms with Crippen molar-refractivity contribution in [3.8, 4) is 0 Å². The Bertz CT molecular complexity index is 1320. The molecule has 3 rings (SSSR count). The number of allylic oxidation sites excluding steroid dienone is 1. The summed E-state index contributed by atoms with van der Waals surface area (Å²) in [5.41, 5.74) is 1.64. The van der Waals surface area contributed by atoms with Crippen LogP contribution in [0, 0.1) is 35.0 Å². The maximum absolute atomic E-state index is 13.5. The summed E-state index contributed by atoms with van der Waals surface area (Å²) in [6, 6.07) is 8.75. The third kappa shape index (κ3) is 12.3. The number of hydrogen-bond acceptors (Lipinski definition) is 7. The van der Waals surface area contributed by atoms with Gasteiger partial charge < -0.3 is 19.3 Å². The minimum atomic E-state index is -3.46. The fraction of sp³-hybridized carbons (Fsp3) is 0.732. The third-order valence-corrected chi connectivity index (χ3v) is 12.8. The predicted octanol–water partition coefficient (Wildman–Crippen LogP) is 8.75. The Morgan fingerprint density at radius 3 is 2.35 bits per heavy atom. The number of benzene rings is 1. The van der Waals surface area contributed by atoms with Gasteiger partial charge in [0.2, 0.25) is 0 Å². The Balaban J connectivity index is 1.50. The van der Waals surface area contributed by atoms with E-state index in [1.165, 1.54) is 0 Å². The SMILES string of the molecule is C=C1C[C@H](CCCOC(=O)C(C)(C)C)OC1CCC(O)C[C@@H](C)C(=C)[C@H](C)CC1O[C@H](C[C@H](C)CC)[C@H](C)[C@H]1CS(=O)(=O)c1ccccc1. The van der Waals surface area contributed by atoms with E-state index in [1.807, 2.05) is 26.8 Å². The number of sulfone groups is 1. The van der Waals surface area contributed by atoms with E-state index in [0.29, 0.717) is 43.1 Å². The first-order chi connectivity index (χ1) is 22.9. The number of esters is 1. The van der Waals surface area contributed by atoms with Gasteiger partial charge in [0.1, 0.15) is 0 Å². The lowest BCUT2D eigenvalue weighted by Gasteiger charge is -2.28. The standard InChI is InChI=1S/C41H66O7S/c1-11-27(2)22-38-32(7)36(26-49(44,45)35-17-13-12-14-18-35)39(48-38)25-29(4)31(6)28(3)23-33(42)19-20-37-30(5)24-34(47-37)16-15-21-46-40(43)41(8,9)10/h12-14,17-18,27-29,32-34,36-39,42H,5-6,11,15-16,19-26H2,1-4,7-10H3/t27-,28-,29-,32-,33?,34+,36-,37?,38-,39?/m1/s1. The second-order valence-electron chi connectivity index (χ2n) is 16.3.